The van der Waals surface area contributed by atoms with Crippen LogP contribution < -0.4 is 4.90 Å². The van der Waals surface area contributed by atoms with Crippen LogP contribution in [0, 0.1) is 0 Å². The highest BCUT2D eigenvalue weighted by atomic mass is 35.5. The van der Waals surface area contributed by atoms with Crippen molar-refractivity contribution < 1.29 is 14.4 Å². The molecule has 0 unspecified atom stereocenters. The van der Waals surface area contributed by atoms with Crippen molar-refractivity contribution in [3.8, 4) is 0 Å². The molecule has 1 amide bonds. The van der Waals surface area contributed by atoms with Gasteiger partial charge in [0.2, 0.25) is 0 Å². The van der Waals surface area contributed by atoms with E-state index in [1.54, 1.807) is 36.4 Å². The molecule has 2 aromatic rings. The maximum absolute atomic E-state index is 12.9. The summed E-state index contributed by atoms with van der Waals surface area (Å²) in [6.07, 6.45) is 0.622. The smallest absolute Gasteiger partial charge is 0.317 e. The molecule has 1 aliphatic rings. The van der Waals surface area contributed by atoms with Crippen molar-refractivity contribution in [3.63, 3.8) is 0 Å². The molecule has 0 aromatic heterocycles. The van der Waals surface area contributed by atoms with Crippen molar-refractivity contribution in [2.24, 2.45) is 5.16 Å². The van der Waals surface area contributed by atoms with Crippen molar-refractivity contribution in [3.05, 3.63) is 63.6 Å². The Morgan fingerprint density at radius 2 is 1.93 bits per heavy atom. The van der Waals surface area contributed by atoms with Gasteiger partial charge in [0.25, 0.3) is 5.91 Å². The molecule has 0 fully saturated rings. The van der Waals surface area contributed by atoms with Crippen LogP contribution in [0.15, 0.2) is 47.6 Å². The third kappa shape index (κ3) is 4.43. The minimum absolute atomic E-state index is 0.0786. The van der Waals surface area contributed by atoms with Crippen LogP contribution in [0.3, 0.4) is 0 Å². The average molecular weight is 426 g/mol. The number of oxime groups is 1. The summed E-state index contributed by atoms with van der Waals surface area (Å²) in [6, 6.07) is 12.3. The third-order valence-corrected chi connectivity index (χ3v) is 4.85. The van der Waals surface area contributed by atoms with Crippen molar-refractivity contribution >= 4 is 58.1 Å². The monoisotopic (exact) mass is 424 g/mol. The quantitative estimate of drug-likeness (QED) is 0.379. The topological polar surface area (TPSA) is 59.0 Å². The van der Waals surface area contributed by atoms with Gasteiger partial charge in [-0.3, -0.25) is 4.79 Å². The van der Waals surface area contributed by atoms with Gasteiger partial charge in [0.15, 0.2) is 5.71 Å². The number of anilines is 1. The van der Waals surface area contributed by atoms with Crippen LogP contribution in [0.1, 0.15) is 24.0 Å². The summed E-state index contributed by atoms with van der Waals surface area (Å²) < 4.78 is 0. The predicted octanol–water partition coefficient (Wildman–Crippen LogP) is 4.81. The second-order valence-electron chi connectivity index (χ2n) is 5.84. The van der Waals surface area contributed by atoms with Gasteiger partial charge < -0.3 is 9.74 Å². The van der Waals surface area contributed by atoms with Crippen LogP contribution in [0.4, 0.5) is 5.69 Å². The molecule has 0 saturated heterocycles. The third-order valence-electron chi connectivity index (χ3n) is 3.99. The number of alkyl halides is 1. The van der Waals surface area contributed by atoms with Crippen LogP contribution in [-0.4, -0.2) is 23.5 Å². The molecule has 0 atom stereocenters. The van der Waals surface area contributed by atoms with Crippen LogP contribution in [0.2, 0.25) is 10.0 Å². The summed E-state index contributed by atoms with van der Waals surface area (Å²) >= 11 is 17.7. The van der Waals surface area contributed by atoms with Crippen LogP contribution in [-0.2, 0) is 21.0 Å². The highest BCUT2D eigenvalue weighted by molar-refractivity contribution is 6.54. The normalized spacial score (nSPS) is 14.6. The van der Waals surface area contributed by atoms with Crippen LogP contribution in [0.5, 0.6) is 0 Å². The summed E-state index contributed by atoms with van der Waals surface area (Å²) in [4.78, 5) is 31.0. The molecule has 5 nitrogen and oxygen atoms in total. The van der Waals surface area contributed by atoms with Gasteiger partial charge in [0.05, 0.1) is 12.2 Å². The SMILES string of the molecule is O=C(CCCCl)ON=C1C(=O)N(Cc2ccc(Cl)cc2Cl)c2ccccc21. The number of nitrogens with zero attached hydrogens (tertiary/aromatic N) is 2. The number of amides is 1. The van der Waals surface area contributed by atoms with Gasteiger partial charge in [-0.2, -0.15) is 0 Å². The van der Waals surface area contributed by atoms with Gasteiger partial charge in [0.1, 0.15) is 0 Å². The summed E-state index contributed by atoms with van der Waals surface area (Å²) in [5, 5.41) is 4.79. The highest BCUT2D eigenvalue weighted by Gasteiger charge is 2.35. The first kappa shape index (κ1) is 19.7. The number of carbonyl (C=O) groups excluding carboxylic acids is 2. The van der Waals surface area contributed by atoms with E-state index in [9.17, 15) is 9.59 Å². The zero-order valence-corrected chi connectivity index (χ0v) is 16.4. The summed E-state index contributed by atoms with van der Waals surface area (Å²) in [5.41, 5.74) is 2.08. The first-order chi connectivity index (χ1) is 13.0. The number of benzene rings is 2. The molecule has 0 saturated carbocycles. The number of fused-ring (bicyclic) bond motifs is 1. The summed E-state index contributed by atoms with van der Waals surface area (Å²) in [5.74, 6) is -0.553. The Kier molecular flexibility index (Phi) is 6.37. The second-order valence-corrected chi connectivity index (χ2v) is 7.06. The number of hydrogen-bond donors (Lipinski definition) is 0. The Balaban J connectivity index is 1.87. The van der Waals surface area contributed by atoms with E-state index in [0.29, 0.717) is 33.6 Å². The minimum atomic E-state index is -0.535. The zero-order chi connectivity index (χ0) is 19.4. The van der Waals surface area contributed by atoms with Gasteiger partial charge in [-0.25, -0.2) is 4.79 Å². The molecule has 0 bridgehead atoms. The van der Waals surface area contributed by atoms with E-state index in [2.05, 4.69) is 5.16 Å². The molecular weight excluding hydrogens is 411 g/mol. The van der Waals surface area contributed by atoms with E-state index in [1.165, 1.54) is 4.90 Å². The lowest BCUT2D eigenvalue weighted by molar-refractivity contribution is -0.143. The fourth-order valence-corrected chi connectivity index (χ4v) is 3.28. The molecule has 0 spiro atoms. The molecule has 0 N–H and O–H groups in total. The van der Waals surface area contributed by atoms with Crippen molar-refractivity contribution in [2.45, 2.75) is 19.4 Å². The van der Waals surface area contributed by atoms with Gasteiger partial charge >= 0.3 is 5.97 Å². The van der Waals surface area contributed by atoms with Crippen molar-refractivity contribution in [1.82, 2.24) is 0 Å². The van der Waals surface area contributed by atoms with Crippen molar-refractivity contribution in [2.75, 3.05) is 10.8 Å². The molecule has 27 heavy (non-hydrogen) atoms. The van der Waals surface area contributed by atoms with Gasteiger partial charge in [-0.05, 0) is 30.2 Å². The van der Waals surface area contributed by atoms with E-state index >= 15 is 0 Å². The number of para-hydroxylation sites is 1. The molecule has 2 aromatic carbocycles. The first-order valence-electron chi connectivity index (χ1n) is 8.20. The lowest BCUT2D eigenvalue weighted by Gasteiger charge is -2.17. The summed E-state index contributed by atoms with van der Waals surface area (Å²) in [6.45, 7) is 0.241. The number of rotatable bonds is 6. The molecule has 1 heterocycles. The molecule has 0 radical (unpaired) electrons. The Morgan fingerprint density at radius 1 is 1.15 bits per heavy atom. The molecular formula is C19H15Cl3N2O3. The number of hydrogen-bond acceptors (Lipinski definition) is 4. The van der Waals surface area contributed by atoms with E-state index in [-0.39, 0.29) is 24.6 Å². The van der Waals surface area contributed by atoms with Crippen LogP contribution in [0.25, 0.3) is 0 Å². The Bertz CT molecular complexity index is 915. The van der Waals surface area contributed by atoms with Crippen molar-refractivity contribution in [1.29, 1.82) is 0 Å². The maximum atomic E-state index is 12.9. The predicted molar refractivity (Wildman–Crippen MR) is 107 cm³/mol. The van der Waals surface area contributed by atoms with Gasteiger partial charge in [-0.1, -0.05) is 52.6 Å². The molecule has 3 rings (SSSR count). The standard InChI is InChI=1S/C19H15Cl3N2O3/c20-9-3-6-17(25)27-23-18-14-4-1-2-5-16(14)24(19(18)26)11-12-7-8-13(21)10-15(12)22/h1-2,4-5,7-8,10H,3,6,9,11H2. The largest absolute Gasteiger partial charge is 0.335 e. The lowest BCUT2D eigenvalue weighted by Crippen LogP contribution is -2.30. The van der Waals surface area contributed by atoms with Gasteiger partial charge in [-0.15, -0.1) is 11.6 Å². The highest BCUT2D eigenvalue weighted by Crippen LogP contribution is 2.32. The number of carbonyl (C=O) groups is 2. The average Bonchev–Trinajstić information content (AvgIpc) is 2.92. The maximum Gasteiger partial charge on any atom is 0.335 e. The summed E-state index contributed by atoms with van der Waals surface area (Å²) in [7, 11) is 0. The lowest BCUT2D eigenvalue weighted by atomic mass is 10.1. The first-order valence-corrected chi connectivity index (χ1v) is 9.49. The molecule has 8 heteroatoms. The molecule has 0 aliphatic carbocycles. The number of halogens is 3. The minimum Gasteiger partial charge on any atom is -0.317 e. The van der Waals surface area contributed by atoms with Crippen LogP contribution >= 0.6 is 34.8 Å². The van der Waals surface area contributed by atoms with Gasteiger partial charge in [0, 0.05) is 27.9 Å². The van der Waals surface area contributed by atoms with E-state index < -0.39 is 5.97 Å². The Labute approximate surface area is 171 Å². The fraction of sp³-hybridized carbons (Fsp3) is 0.211. The Hall–Kier alpha value is -2.08. The van der Waals surface area contributed by atoms with E-state index in [4.69, 9.17) is 39.6 Å². The van der Waals surface area contributed by atoms with E-state index in [1.807, 2.05) is 6.07 Å². The molecule has 1 aliphatic heterocycles. The van der Waals surface area contributed by atoms with E-state index in [0.717, 1.165) is 5.56 Å². The molecule has 140 valence electrons. The Morgan fingerprint density at radius 3 is 2.67 bits per heavy atom. The second kappa shape index (κ2) is 8.74. The zero-order valence-electron chi connectivity index (χ0n) is 14.1. The fourth-order valence-electron chi connectivity index (χ4n) is 2.68.